The van der Waals surface area contributed by atoms with E-state index < -0.39 is 0 Å². The minimum Gasteiger partial charge on any atom is -0.341 e. The highest BCUT2D eigenvalue weighted by Crippen LogP contribution is 2.49. The number of piperidine rings is 1. The van der Waals surface area contributed by atoms with Gasteiger partial charge in [-0.3, -0.25) is 9.59 Å². The number of urea groups is 1. The van der Waals surface area contributed by atoms with Crippen molar-refractivity contribution in [2.45, 2.75) is 38.3 Å². The lowest BCUT2D eigenvalue weighted by Gasteiger charge is -2.52. The molecule has 1 aliphatic heterocycles. The normalized spacial score (nSPS) is 19.4. The monoisotopic (exact) mass is 346 g/mol. The lowest BCUT2D eigenvalue weighted by atomic mass is 9.60. The fraction of sp³-hybridized carbons (Fsp3) is 0.611. The van der Waals surface area contributed by atoms with Crippen LogP contribution in [0.25, 0.3) is 0 Å². The molecule has 3 amide bonds. The number of likely N-dealkylation sites (tertiary alicyclic amines) is 1. The number of nitrogens with one attached hydrogen (secondary N) is 1. The molecule has 0 aromatic carbocycles. The quantitative estimate of drug-likeness (QED) is 0.883. The third-order valence-electron chi connectivity index (χ3n) is 5.47. The van der Waals surface area contributed by atoms with Crippen molar-refractivity contribution < 1.29 is 9.59 Å². The number of rotatable bonds is 3. The van der Waals surface area contributed by atoms with Gasteiger partial charge in [-0.05, 0) is 37.2 Å². The predicted octanol–water partition coefficient (Wildman–Crippen LogP) is 0.891. The third-order valence-corrected chi connectivity index (χ3v) is 5.47. The Morgan fingerprint density at radius 1 is 1.24 bits per heavy atom. The summed E-state index contributed by atoms with van der Waals surface area (Å²) in [5.74, 6) is -0.0000611. The Morgan fingerprint density at radius 2 is 1.92 bits per heavy atom. The van der Waals surface area contributed by atoms with Crippen LogP contribution in [0.2, 0.25) is 0 Å². The molecule has 0 atom stereocenters. The van der Waals surface area contributed by atoms with Crippen molar-refractivity contribution >= 4 is 11.9 Å². The van der Waals surface area contributed by atoms with Gasteiger partial charge in [0.25, 0.3) is 5.56 Å². The van der Waals surface area contributed by atoms with Gasteiger partial charge in [-0.1, -0.05) is 6.07 Å². The van der Waals surface area contributed by atoms with Gasteiger partial charge in [0.05, 0.1) is 0 Å². The third kappa shape index (κ3) is 3.86. The van der Waals surface area contributed by atoms with Gasteiger partial charge in [-0.2, -0.15) is 0 Å². The van der Waals surface area contributed by atoms with Crippen LogP contribution in [0.3, 0.4) is 0 Å². The molecule has 2 fully saturated rings. The molecule has 0 unspecified atom stereocenters. The van der Waals surface area contributed by atoms with Crippen molar-refractivity contribution in [3.63, 3.8) is 0 Å². The fourth-order valence-corrected chi connectivity index (χ4v) is 3.87. The Hall–Kier alpha value is -2.31. The average Bonchev–Trinajstić information content (AvgIpc) is 2.56. The average molecular weight is 346 g/mol. The SMILES string of the molecule is CN(C)C(=O)NC1CC2(CCN(C(=O)Cn3ccccc3=O)CC2)C1. The Balaban J connectivity index is 1.47. The first kappa shape index (κ1) is 17.5. The van der Waals surface area contributed by atoms with Gasteiger partial charge in [0.15, 0.2) is 0 Å². The van der Waals surface area contributed by atoms with Crippen LogP contribution in [-0.4, -0.2) is 59.5 Å². The van der Waals surface area contributed by atoms with Crippen molar-refractivity contribution in [1.29, 1.82) is 0 Å². The Morgan fingerprint density at radius 3 is 2.52 bits per heavy atom. The zero-order valence-corrected chi connectivity index (χ0v) is 14.9. The molecule has 1 aromatic heterocycles. The number of pyridine rings is 1. The summed E-state index contributed by atoms with van der Waals surface area (Å²) in [6, 6.07) is 5.11. The summed E-state index contributed by atoms with van der Waals surface area (Å²) < 4.78 is 1.45. The van der Waals surface area contributed by atoms with E-state index in [9.17, 15) is 14.4 Å². The van der Waals surface area contributed by atoms with Crippen LogP contribution in [0.1, 0.15) is 25.7 Å². The van der Waals surface area contributed by atoms with E-state index >= 15 is 0 Å². The fourth-order valence-electron chi connectivity index (χ4n) is 3.87. The molecule has 7 nitrogen and oxygen atoms in total. The molecule has 25 heavy (non-hydrogen) atoms. The molecule has 2 heterocycles. The second-order valence-electron chi connectivity index (χ2n) is 7.50. The van der Waals surface area contributed by atoms with Crippen molar-refractivity contribution in [3.05, 3.63) is 34.7 Å². The lowest BCUT2D eigenvalue weighted by molar-refractivity contribution is -0.135. The predicted molar refractivity (Wildman–Crippen MR) is 94.2 cm³/mol. The van der Waals surface area contributed by atoms with Crippen molar-refractivity contribution in [2.75, 3.05) is 27.2 Å². The molecular weight excluding hydrogens is 320 g/mol. The van der Waals surface area contributed by atoms with E-state index in [1.165, 1.54) is 10.6 Å². The molecule has 0 bridgehead atoms. The van der Waals surface area contributed by atoms with Gasteiger partial charge in [-0.15, -0.1) is 0 Å². The molecule has 136 valence electrons. The first-order valence-corrected chi connectivity index (χ1v) is 8.80. The van der Waals surface area contributed by atoms with Gasteiger partial charge in [0.1, 0.15) is 6.54 Å². The molecule has 1 spiro atoms. The van der Waals surface area contributed by atoms with Crippen molar-refractivity contribution in [2.24, 2.45) is 5.41 Å². The number of amides is 3. The second-order valence-corrected chi connectivity index (χ2v) is 7.50. The smallest absolute Gasteiger partial charge is 0.317 e. The van der Waals surface area contributed by atoms with Crippen LogP contribution in [0.15, 0.2) is 29.2 Å². The standard InChI is InChI=1S/C18H26N4O3/c1-20(2)17(25)19-14-11-18(12-14)6-9-21(10-7-18)16(24)13-22-8-4-3-5-15(22)23/h3-5,8,14H,6-7,9-13H2,1-2H3,(H,19,25). The summed E-state index contributed by atoms with van der Waals surface area (Å²) in [4.78, 5) is 39.3. The number of carbonyl (C=O) groups excluding carboxylic acids is 2. The number of nitrogens with zero attached hydrogens (tertiary/aromatic N) is 3. The molecule has 1 aromatic rings. The maximum absolute atomic E-state index is 12.4. The molecule has 1 N–H and O–H groups in total. The van der Waals surface area contributed by atoms with Crippen molar-refractivity contribution in [3.8, 4) is 0 Å². The van der Waals surface area contributed by atoms with Gasteiger partial charge in [0, 0.05) is 45.5 Å². The zero-order chi connectivity index (χ0) is 18.0. The number of hydrogen-bond donors (Lipinski definition) is 1. The molecule has 0 radical (unpaired) electrons. The molecule has 1 saturated carbocycles. The van der Waals surface area contributed by atoms with Gasteiger partial charge in [-0.25, -0.2) is 4.79 Å². The van der Waals surface area contributed by atoms with E-state index in [1.54, 1.807) is 37.3 Å². The molecular formula is C18H26N4O3. The van der Waals surface area contributed by atoms with Crippen LogP contribution >= 0.6 is 0 Å². The Bertz CT molecular complexity index is 696. The largest absolute Gasteiger partial charge is 0.341 e. The van der Waals surface area contributed by atoms with Gasteiger partial charge < -0.3 is 19.7 Å². The summed E-state index contributed by atoms with van der Waals surface area (Å²) >= 11 is 0. The number of carbonyl (C=O) groups is 2. The summed E-state index contributed by atoms with van der Waals surface area (Å²) in [5, 5.41) is 3.03. The van der Waals surface area contributed by atoms with E-state index in [4.69, 9.17) is 0 Å². The highest BCUT2D eigenvalue weighted by atomic mass is 16.2. The van der Waals surface area contributed by atoms with Crippen molar-refractivity contribution in [1.82, 2.24) is 19.7 Å². The summed E-state index contributed by atoms with van der Waals surface area (Å²) in [7, 11) is 3.48. The number of aromatic nitrogens is 1. The van der Waals surface area contributed by atoms with Gasteiger partial charge >= 0.3 is 6.03 Å². The van der Waals surface area contributed by atoms with Crippen LogP contribution < -0.4 is 10.9 Å². The van der Waals surface area contributed by atoms with E-state index in [1.807, 2.05) is 4.90 Å². The van der Waals surface area contributed by atoms with E-state index in [2.05, 4.69) is 5.32 Å². The van der Waals surface area contributed by atoms with Crippen LogP contribution in [0.4, 0.5) is 4.79 Å². The highest BCUT2D eigenvalue weighted by molar-refractivity contribution is 5.76. The van der Waals surface area contributed by atoms with E-state index in [0.717, 1.165) is 38.8 Å². The summed E-state index contributed by atoms with van der Waals surface area (Å²) in [5.41, 5.74) is 0.118. The molecule has 3 rings (SSSR count). The molecule has 2 aliphatic rings. The summed E-state index contributed by atoms with van der Waals surface area (Å²) in [6.07, 6.45) is 5.57. The Labute approximate surface area is 147 Å². The van der Waals surface area contributed by atoms with E-state index in [0.29, 0.717) is 0 Å². The van der Waals surface area contributed by atoms with Gasteiger partial charge in [0.2, 0.25) is 5.91 Å². The Kier molecular flexibility index (Phi) is 4.83. The topological polar surface area (TPSA) is 74.7 Å². The van der Waals surface area contributed by atoms with Crippen LogP contribution in [0, 0.1) is 5.41 Å². The minimum absolute atomic E-state index is 0.0000611. The molecule has 7 heteroatoms. The summed E-state index contributed by atoms with van der Waals surface area (Å²) in [6.45, 7) is 1.57. The maximum atomic E-state index is 12.4. The first-order chi connectivity index (χ1) is 11.9. The number of hydrogen-bond acceptors (Lipinski definition) is 3. The van der Waals surface area contributed by atoms with Crippen LogP contribution in [0.5, 0.6) is 0 Å². The van der Waals surface area contributed by atoms with E-state index in [-0.39, 0.29) is 35.5 Å². The lowest BCUT2D eigenvalue weighted by Crippen LogP contribution is -2.57. The highest BCUT2D eigenvalue weighted by Gasteiger charge is 2.46. The second kappa shape index (κ2) is 6.90. The zero-order valence-electron chi connectivity index (χ0n) is 14.9. The molecule has 1 aliphatic carbocycles. The maximum Gasteiger partial charge on any atom is 0.317 e. The van der Waals surface area contributed by atoms with Crippen LogP contribution in [-0.2, 0) is 11.3 Å². The molecule has 1 saturated heterocycles. The minimum atomic E-state index is -0.150. The first-order valence-electron chi connectivity index (χ1n) is 8.80.